The van der Waals surface area contributed by atoms with E-state index in [1.165, 1.54) is 5.56 Å². The van der Waals surface area contributed by atoms with Gasteiger partial charge in [0.1, 0.15) is 5.78 Å². The molecule has 48 heavy (non-hydrogen) atoms. The van der Waals surface area contributed by atoms with Crippen LogP contribution in [0.5, 0.6) is 0 Å². The van der Waals surface area contributed by atoms with E-state index in [0.29, 0.717) is 19.4 Å². The van der Waals surface area contributed by atoms with E-state index in [1.54, 1.807) is 32.8 Å². The summed E-state index contributed by atoms with van der Waals surface area (Å²) in [5.41, 5.74) is 2.00. The Kier molecular flexibility index (Phi) is 15.7. The van der Waals surface area contributed by atoms with Crippen LogP contribution in [0.4, 0.5) is 0 Å². The first-order chi connectivity index (χ1) is 22.9. The fraction of sp³-hybridized carbons (Fsp3) is 0.667. The number of ether oxygens (including phenoxy) is 2. The summed E-state index contributed by atoms with van der Waals surface area (Å²) in [6, 6.07) is 9.75. The maximum atomic E-state index is 14.1. The van der Waals surface area contributed by atoms with Gasteiger partial charge < -0.3 is 19.3 Å². The quantitative estimate of drug-likeness (QED) is 0.180. The molecule has 1 aromatic heterocycles. The van der Waals surface area contributed by atoms with Gasteiger partial charge >= 0.3 is 0 Å². The lowest BCUT2D eigenvalue weighted by Crippen LogP contribution is -2.54. The summed E-state index contributed by atoms with van der Waals surface area (Å²) in [4.78, 5) is 54.0. The number of likely N-dealkylation sites (tertiary alicyclic amines) is 1. The van der Waals surface area contributed by atoms with Crippen LogP contribution in [0.15, 0.2) is 48.9 Å². The van der Waals surface area contributed by atoms with Crippen LogP contribution in [0.2, 0.25) is 0 Å². The van der Waals surface area contributed by atoms with Gasteiger partial charge in [0, 0.05) is 71.1 Å². The molecule has 8 atom stereocenters. The second-order valence-electron chi connectivity index (χ2n) is 14.3. The number of nitrogens with zero attached hydrogens (tertiary/aromatic N) is 4. The fourth-order valence-electron chi connectivity index (χ4n) is 7.49. The van der Waals surface area contributed by atoms with E-state index in [4.69, 9.17) is 9.47 Å². The summed E-state index contributed by atoms with van der Waals surface area (Å²) < 4.78 is 12.0. The molecule has 0 N–H and O–H groups in total. The number of hydrogen-bond acceptors (Lipinski definition) is 7. The fourth-order valence-corrected chi connectivity index (χ4v) is 7.49. The summed E-state index contributed by atoms with van der Waals surface area (Å²) in [6.45, 7) is 13.0. The number of carbonyl (C=O) groups is 3. The number of amides is 2. The molecule has 0 saturated carbocycles. The first kappa shape index (κ1) is 39.3. The normalized spacial score (nSPS) is 19.3. The Morgan fingerprint density at radius 2 is 1.69 bits per heavy atom. The summed E-state index contributed by atoms with van der Waals surface area (Å²) in [7, 11) is 5.11. The molecule has 2 aromatic rings. The van der Waals surface area contributed by atoms with Gasteiger partial charge in [-0.2, -0.15) is 0 Å². The number of carbonyl (C=O) groups excluding carboxylic acids is 3. The van der Waals surface area contributed by atoms with Crippen molar-refractivity contribution < 1.29 is 23.9 Å². The summed E-state index contributed by atoms with van der Waals surface area (Å²) in [5, 5.41) is 0. The molecule has 1 aliphatic rings. The van der Waals surface area contributed by atoms with E-state index in [-0.39, 0.29) is 65.7 Å². The van der Waals surface area contributed by atoms with Gasteiger partial charge in [-0.3, -0.25) is 24.4 Å². The lowest BCUT2D eigenvalue weighted by atomic mass is 9.85. The van der Waals surface area contributed by atoms with Crippen molar-refractivity contribution >= 4 is 17.6 Å². The van der Waals surface area contributed by atoms with Crippen LogP contribution in [-0.4, -0.2) is 89.5 Å². The minimum atomic E-state index is -0.495. The van der Waals surface area contributed by atoms with Gasteiger partial charge in [0.2, 0.25) is 11.8 Å². The third kappa shape index (κ3) is 10.4. The van der Waals surface area contributed by atoms with Gasteiger partial charge in [0.05, 0.1) is 36.4 Å². The number of Topliss-reactive ketones (excluding diaryl/α,β-unsaturated/α-hetero) is 1. The van der Waals surface area contributed by atoms with Crippen LogP contribution in [-0.2, 0) is 36.7 Å². The van der Waals surface area contributed by atoms with Crippen molar-refractivity contribution in [1.29, 1.82) is 0 Å². The highest BCUT2D eigenvalue weighted by atomic mass is 16.5. The molecule has 2 amide bonds. The molecule has 9 heteroatoms. The van der Waals surface area contributed by atoms with Gasteiger partial charge in [-0.05, 0) is 42.6 Å². The summed E-state index contributed by atoms with van der Waals surface area (Å²) in [6.07, 6.45) is 8.52. The highest BCUT2D eigenvalue weighted by Gasteiger charge is 2.42. The van der Waals surface area contributed by atoms with E-state index in [9.17, 15) is 14.4 Å². The first-order valence-electron chi connectivity index (χ1n) is 17.9. The van der Waals surface area contributed by atoms with Gasteiger partial charge in [0.25, 0.3) is 0 Å². The molecule has 3 rings (SSSR count). The summed E-state index contributed by atoms with van der Waals surface area (Å²) >= 11 is 0. The minimum absolute atomic E-state index is 0.0165. The number of hydrogen-bond donors (Lipinski definition) is 0. The van der Waals surface area contributed by atoms with Gasteiger partial charge in [-0.25, -0.2) is 0 Å². The standard InChI is InChI=1S/C39H60N4O5/c1-10-28(5)37(42(7)39(46)32(26(2)3)23-31-25-40-18-19-41-31)35(47-8)24-36(45)43-20-14-17-33(43)38(48-9)29(6)34(44)22-27(4)21-30-15-12-11-13-16-30/h11-13,15-16,18-19,25-29,32-33,35,37-38H,10,14,17,20-24H2,1-9H3/t27-,28+,29+,32+,33+,35-,37+,38-/m1/s1. The maximum absolute atomic E-state index is 14.1. The SMILES string of the molecule is CC[C@H](C)[C@@H]([C@@H](CC(=O)N1CCC[C@H]1[C@H](OC)[C@@H](C)C(=O)C[C@H](C)Cc1ccccc1)OC)N(C)C(=O)[C@@H](Cc1cnccn1)C(C)C. The van der Waals surface area contributed by atoms with Crippen LogP contribution in [0, 0.1) is 29.6 Å². The Labute approximate surface area is 289 Å². The monoisotopic (exact) mass is 664 g/mol. The van der Waals surface area contributed by atoms with Crippen LogP contribution in [0.25, 0.3) is 0 Å². The Hall–Kier alpha value is -3.17. The molecule has 1 aromatic carbocycles. The zero-order valence-electron chi connectivity index (χ0n) is 30.8. The molecule has 1 saturated heterocycles. The molecule has 1 fully saturated rings. The maximum Gasteiger partial charge on any atom is 0.226 e. The molecule has 0 spiro atoms. The molecule has 0 bridgehead atoms. The number of benzene rings is 1. The number of ketones is 1. The third-order valence-corrected chi connectivity index (χ3v) is 10.5. The van der Waals surface area contributed by atoms with Crippen LogP contribution in [0.3, 0.4) is 0 Å². The van der Waals surface area contributed by atoms with Gasteiger partial charge in [0.15, 0.2) is 0 Å². The van der Waals surface area contributed by atoms with Crippen molar-refractivity contribution in [2.45, 2.75) is 111 Å². The van der Waals surface area contributed by atoms with E-state index in [2.05, 4.69) is 56.7 Å². The number of aromatic nitrogens is 2. The number of methoxy groups -OCH3 is 2. The molecular formula is C39H60N4O5. The Morgan fingerprint density at radius 1 is 0.979 bits per heavy atom. The molecule has 9 nitrogen and oxygen atoms in total. The smallest absolute Gasteiger partial charge is 0.226 e. The topological polar surface area (TPSA) is 102 Å². The second kappa shape index (κ2) is 19.1. The van der Waals surface area contributed by atoms with E-state index >= 15 is 0 Å². The van der Waals surface area contributed by atoms with E-state index in [1.807, 2.05) is 42.0 Å². The summed E-state index contributed by atoms with van der Waals surface area (Å²) in [5.74, 6) is -0.0909. The molecule has 1 aliphatic heterocycles. The molecule has 0 radical (unpaired) electrons. The predicted octanol–water partition coefficient (Wildman–Crippen LogP) is 6.05. The number of likely N-dealkylation sites (N-methyl/N-ethyl adjacent to an activating group) is 1. The molecular weight excluding hydrogens is 604 g/mol. The van der Waals surface area contributed by atoms with Crippen LogP contribution < -0.4 is 0 Å². The predicted molar refractivity (Wildman–Crippen MR) is 189 cm³/mol. The van der Waals surface area contributed by atoms with Crippen molar-refractivity contribution in [2.75, 3.05) is 27.8 Å². The lowest BCUT2D eigenvalue weighted by Gasteiger charge is -2.40. The Bertz CT molecular complexity index is 1280. The largest absolute Gasteiger partial charge is 0.379 e. The van der Waals surface area contributed by atoms with Crippen LogP contribution >= 0.6 is 0 Å². The average Bonchev–Trinajstić information content (AvgIpc) is 3.57. The Morgan fingerprint density at radius 3 is 2.27 bits per heavy atom. The highest BCUT2D eigenvalue weighted by Crippen LogP contribution is 2.31. The van der Waals surface area contributed by atoms with E-state index in [0.717, 1.165) is 31.4 Å². The third-order valence-electron chi connectivity index (χ3n) is 10.5. The minimum Gasteiger partial charge on any atom is -0.379 e. The van der Waals surface area contributed by atoms with E-state index < -0.39 is 12.2 Å². The van der Waals surface area contributed by atoms with Gasteiger partial charge in [-0.15, -0.1) is 0 Å². The molecule has 2 heterocycles. The van der Waals surface area contributed by atoms with Gasteiger partial charge in [-0.1, -0.05) is 78.3 Å². The Balaban J connectivity index is 1.73. The molecule has 0 unspecified atom stereocenters. The lowest BCUT2D eigenvalue weighted by molar-refractivity contribution is -0.148. The van der Waals surface area contributed by atoms with Crippen molar-refractivity contribution in [2.24, 2.45) is 29.6 Å². The van der Waals surface area contributed by atoms with Crippen molar-refractivity contribution in [3.63, 3.8) is 0 Å². The average molecular weight is 665 g/mol. The zero-order valence-corrected chi connectivity index (χ0v) is 30.8. The van der Waals surface area contributed by atoms with Crippen molar-refractivity contribution in [3.8, 4) is 0 Å². The first-order valence-corrected chi connectivity index (χ1v) is 17.9. The zero-order chi connectivity index (χ0) is 35.4. The van der Waals surface area contributed by atoms with Crippen molar-refractivity contribution in [1.82, 2.24) is 19.8 Å². The highest BCUT2D eigenvalue weighted by molar-refractivity contribution is 5.82. The van der Waals surface area contributed by atoms with Crippen LogP contribution in [0.1, 0.15) is 84.9 Å². The second-order valence-corrected chi connectivity index (χ2v) is 14.3. The molecule has 0 aliphatic carbocycles. The van der Waals surface area contributed by atoms with Crippen molar-refractivity contribution in [3.05, 3.63) is 60.2 Å². The molecule has 266 valence electrons. The number of rotatable bonds is 19.